The van der Waals surface area contributed by atoms with E-state index in [4.69, 9.17) is 16.9 Å². The molecule has 0 aliphatic carbocycles. The first-order valence-electron chi connectivity index (χ1n) is 11.4. The molecular weight excluding hydrogens is 519 g/mol. The summed E-state index contributed by atoms with van der Waals surface area (Å²) in [5, 5.41) is 13.2. The van der Waals surface area contributed by atoms with Crippen molar-refractivity contribution in [3.63, 3.8) is 0 Å². The van der Waals surface area contributed by atoms with E-state index in [-0.39, 0.29) is 26.1 Å². The molecule has 1 aliphatic heterocycles. The Hall–Kier alpha value is -3.46. The highest BCUT2D eigenvalue weighted by Crippen LogP contribution is 2.41. The first-order chi connectivity index (χ1) is 17.4. The summed E-state index contributed by atoms with van der Waals surface area (Å²) in [4.78, 5) is 22.3. The van der Waals surface area contributed by atoms with Gasteiger partial charge in [-0.25, -0.2) is 18.7 Å². The number of likely N-dealkylation sites (tertiary alicyclic amines) is 1. The maximum Gasteiger partial charge on any atom is 0.398 e. The smallest absolute Gasteiger partial charge is 0.343 e. The van der Waals surface area contributed by atoms with Gasteiger partial charge in [0.25, 0.3) is 5.92 Å². The summed E-state index contributed by atoms with van der Waals surface area (Å²) in [6, 6.07) is 8.53. The Labute approximate surface area is 213 Å². The molecule has 0 bridgehead atoms. The van der Waals surface area contributed by atoms with Crippen molar-refractivity contribution in [3.8, 4) is 6.07 Å². The number of hydrogen-bond acceptors (Lipinski definition) is 5. The number of amides is 1. The van der Waals surface area contributed by atoms with Crippen molar-refractivity contribution >= 4 is 40.0 Å². The highest BCUT2D eigenvalue weighted by Gasteiger charge is 2.54. The third-order valence-electron chi connectivity index (χ3n) is 6.46. The summed E-state index contributed by atoms with van der Waals surface area (Å²) in [5.74, 6) is -7.52. The molecule has 3 aromatic rings. The van der Waals surface area contributed by atoms with Gasteiger partial charge in [-0.05, 0) is 44.0 Å². The number of nitrogens with one attached hydrogen (secondary N) is 1. The van der Waals surface area contributed by atoms with Gasteiger partial charge < -0.3 is 14.8 Å². The summed E-state index contributed by atoms with van der Waals surface area (Å²) in [7, 11) is 0. The van der Waals surface area contributed by atoms with Gasteiger partial charge in [-0.3, -0.25) is 4.79 Å². The maximum absolute atomic E-state index is 13.5. The Balaban J connectivity index is 1.46. The van der Waals surface area contributed by atoms with E-state index in [0.29, 0.717) is 46.0 Å². The monoisotopic (exact) mass is 540 g/mol. The summed E-state index contributed by atoms with van der Waals surface area (Å²) < 4.78 is 68.1. The van der Waals surface area contributed by atoms with Crippen molar-refractivity contribution in [2.24, 2.45) is 5.92 Å². The van der Waals surface area contributed by atoms with Crippen molar-refractivity contribution in [2.75, 3.05) is 18.4 Å². The highest BCUT2D eigenvalue weighted by molar-refractivity contribution is 6.33. The maximum atomic E-state index is 13.5. The van der Waals surface area contributed by atoms with Crippen LogP contribution in [0.2, 0.25) is 5.02 Å². The number of benzene rings is 1. The molecule has 1 unspecified atom stereocenters. The number of halogens is 6. The van der Waals surface area contributed by atoms with Gasteiger partial charge in [0.05, 0.1) is 27.7 Å². The molecule has 13 heteroatoms. The number of nitriles is 1. The average molecular weight is 541 g/mol. The fourth-order valence-corrected chi connectivity index (χ4v) is 4.69. The lowest BCUT2D eigenvalue weighted by Gasteiger charge is -2.34. The van der Waals surface area contributed by atoms with Gasteiger partial charge in [0.1, 0.15) is 23.7 Å². The van der Waals surface area contributed by atoms with Crippen LogP contribution in [0.4, 0.5) is 33.5 Å². The zero-order valence-corrected chi connectivity index (χ0v) is 20.3. The largest absolute Gasteiger partial charge is 0.398 e. The van der Waals surface area contributed by atoms with Gasteiger partial charge in [0.2, 0.25) is 5.91 Å². The van der Waals surface area contributed by atoms with Crippen LogP contribution in [0.25, 0.3) is 11.0 Å². The van der Waals surface area contributed by atoms with Crippen LogP contribution >= 0.6 is 11.6 Å². The van der Waals surface area contributed by atoms with E-state index < -0.39 is 30.3 Å². The predicted molar refractivity (Wildman–Crippen MR) is 127 cm³/mol. The van der Waals surface area contributed by atoms with E-state index in [1.807, 2.05) is 22.9 Å². The summed E-state index contributed by atoms with van der Waals surface area (Å²) in [5.41, 5.74) is 1.57. The number of fused-ring (bicyclic) bond motifs is 1. The zero-order valence-electron chi connectivity index (χ0n) is 19.6. The molecule has 1 atom stereocenters. The Kier molecular flexibility index (Phi) is 7.28. The lowest BCUT2D eigenvalue weighted by Crippen LogP contribution is -2.44. The number of carbonyl (C=O) groups excluding carboxylic acids is 1. The van der Waals surface area contributed by atoms with Gasteiger partial charge >= 0.3 is 6.18 Å². The van der Waals surface area contributed by atoms with E-state index in [1.54, 1.807) is 12.1 Å². The van der Waals surface area contributed by atoms with Crippen LogP contribution in [0.15, 0.2) is 36.8 Å². The minimum atomic E-state index is -5.18. The molecule has 1 fully saturated rings. The second kappa shape index (κ2) is 10.1. The van der Waals surface area contributed by atoms with Crippen LogP contribution in [0, 0.1) is 17.2 Å². The van der Waals surface area contributed by atoms with E-state index in [9.17, 15) is 26.7 Å². The van der Waals surface area contributed by atoms with Crippen LogP contribution in [0.3, 0.4) is 0 Å². The lowest BCUT2D eigenvalue weighted by molar-refractivity contribution is -0.237. The Morgan fingerprint density at radius 2 is 1.92 bits per heavy atom. The molecule has 196 valence electrons. The summed E-state index contributed by atoms with van der Waals surface area (Å²) in [6.45, 7) is 0.461. The number of piperidine rings is 1. The molecular formula is C24H22ClF5N6O. The number of rotatable bonds is 6. The number of nitrogens with zero attached hydrogens (tertiary/aromatic N) is 5. The van der Waals surface area contributed by atoms with Crippen LogP contribution in [-0.4, -0.2) is 50.5 Å². The fourth-order valence-electron chi connectivity index (χ4n) is 4.46. The second-order valence-corrected chi connectivity index (χ2v) is 9.39. The molecule has 1 aromatic carbocycles. The van der Waals surface area contributed by atoms with E-state index in [0.717, 1.165) is 0 Å². The van der Waals surface area contributed by atoms with Crippen LogP contribution in [0.5, 0.6) is 0 Å². The average Bonchev–Trinajstić information content (AvgIpc) is 3.27. The van der Waals surface area contributed by atoms with Gasteiger partial charge in [0.15, 0.2) is 0 Å². The lowest BCUT2D eigenvalue weighted by atomic mass is 9.96. The minimum Gasteiger partial charge on any atom is -0.343 e. The molecule has 1 N–H and O–H groups in total. The van der Waals surface area contributed by atoms with Crippen LogP contribution in [0.1, 0.15) is 37.8 Å². The van der Waals surface area contributed by atoms with E-state index >= 15 is 0 Å². The quantitative estimate of drug-likeness (QED) is 0.382. The number of anilines is 2. The Morgan fingerprint density at radius 1 is 1.22 bits per heavy atom. The minimum absolute atomic E-state index is 0.103. The molecule has 37 heavy (non-hydrogen) atoms. The molecule has 0 spiro atoms. The molecule has 1 amide bonds. The zero-order chi connectivity index (χ0) is 27.0. The predicted octanol–water partition coefficient (Wildman–Crippen LogP) is 6.09. The van der Waals surface area contributed by atoms with Gasteiger partial charge in [-0.1, -0.05) is 11.6 Å². The molecule has 0 radical (unpaired) electrons. The number of carbonyl (C=O) groups is 1. The summed E-state index contributed by atoms with van der Waals surface area (Å²) >= 11 is 6.26. The molecule has 7 nitrogen and oxygen atoms in total. The molecule has 3 heterocycles. The van der Waals surface area contributed by atoms with Crippen molar-refractivity contribution in [2.45, 2.75) is 44.3 Å². The standard InChI is InChI=1S/C24H22ClF5N6O/c1-23(26,27)19(24(28,29)30)11-20(37)35-7-4-15(5-8-35)36-9-6-16-21(32-13-33-22(16)36)34-18-3-2-14(12-31)10-17(18)25/h2-3,6,9-10,13,15,19H,4-5,7-8,11H2,1H3,(H,32,33,34). The van der Waals surface area contributed by atoms with Crippen LogP contribution < -0.4 is 5.32 Å². The highest BCUT2D eigenvalue weighted by atomic mass is 35.5. The molecule has 0 saturated carbocycles. The van der Waals surface area contributed by atoms with Crippen molar-refractivity contribution < 1.29 is 26.7 Å². The molecule has 1 saturated heterocycles. The Bertz CT molecular complexity index is 1320. The number of aromatic nitrogens is 3. The topological polar surface area (TPSA) is 86.8 Å². The van der Waals surface area contributed by atoms with Gasteiger partial charge in [-0.15, -0.1) is 0 Å². The SMILES string of the molecule is CC(F)(F)C(CC(=O)N1CCC(n2ccc3c(Nc4ccc(C#N)cc4Cl)ncnc32)CC1)C(F)(F)F. The third kappa shape index (κ3) is 5.77. The Morgan fingerprint density at radius 3 is 2.51 bits per heavy atom. The van der Waals surface area contributed by atoms with Crippen molar-refractivity contribution in [3.05, 3.63) is 47.4 Å². The second-order valence-electron chi connectivity index (χ2n) is 8.98. The summed E-state index contributed by atoms with van der Waals surface area (Å²) in [6.07, 6.45) is -2.44. The first-order valence-corrected chi connectivity index (χ1v) is 11.8. The van der Waals surface area contributed by atoms with Crippen LogP contribution in [-0.2, 0) is 4.79 Å². The van der Waals surface area contributed by atoms with E-state index in [2.05, 4.69) is 15.3 Å². The molecule has 2 aromatic heterocycles. The van der Waals surface area contributed by atoms with E-state index in [1.165, 1.54) is 17.3 Å². The number of alkyl halides is 5. The van der Waals surface area contributed by atoms with Gasteiger partial charge in [0, 0.05) is 31.7 Å². The normalized spacial score (nSPS) is 16.0. The number of hydrogen-bond donors (Lipinski definition) is 1. The first kappa shape index (κ1) is 26.6. The third-order valence-corrected chi connectivity index (χ3v) is 6.77. The van der Waals surface area contributed by atoms with Gasteiger partial charge in [-0.2, -0.15) is 18.4 Å². The van der Waals surface area contributed by atoms with Crippen molar-refractivity contribution in [1.82, 2.24) is 19.4 Å². The fraction of sp³-hybridized carbons (Fsp3) is 0.417. The van der Waals surface area contributed by atoms with Crippen molar-refractivity contribution in [1.29, 1.82) is 5.26 Å². The molecule has 1 aliphatic rings. The molecule has 4 rings (SSSR count).